The van der Waals surface area contributed by atoms with Gasteiger partial charge in [0.2, 0.25) is 5.91 Å². The van der Waals surface area contributed by atoms with Gasteiger partial charge >= 0.3 is 5.97 Å². The van der Waals surface area contributed by atoms with Crippen molar-refractivity contribution in [2.75, 3.05) is 26.6 Å². The molecule has 0 aromatic heterocycles. The van der Waals surface area contributed by atoms with Crippen molar-refractivity contribution in [2.45, 2.75) is 27.7 Å². The molecule has 118 valence electrons. The van der Waals surface area contributed by atoms with Crippen LogP contribution >= 0.6 is 23.5 Å². The van der Waals surface area contributed by atoms with E-state index in [2.05, 4.69) is 0 Å². The molecule has 3 saturated heterocycles. The first kappa shape index (κ1) is 15.4. The van der Waals surface area contributed by atoms with Crippen LogP contribution in [0.5, 0.6) is 0 Å². The zero-order chi connectivity index (χ0) is 15.2. The molecule has 1 unspecified atom stereocenters. The molecule has 0 spiro atoms. The van der Waals surface area contributed by atoms with Gasteiger partial charge in [-0.1, -0.05) is 0 Å². The van der Waals surface area contributed by atoms with Gasteiger partial charge in [-0.05, 0) is 6.92 Å². The third kappa shape index (κ3) is 2.55. The average molecular weight is 335 g/mol. The fourth-order valence-electron chi connectivity index (χ4n) is 2.79. The molecule has 7 nitrogen and oxygen atoms in total. The maximum Gasteiger partial charge on any atom is 0.332 e. The van der Waals surface area contributed by atoms with Crippen molar-refractivity contribution in [3.63, 3.8) is 0 Å². The number of thioether (sulfide) groups is 2. The number of rotatable bonds is 4. The highest BCUT2D eigenvalue weighted by Gasteiger charge is 2.63. The van der Waals surface area contributed by atoms with E-state index in [-0.39, 0.29) is 29.9 Å². The van der Waals surface area contributed by atoms with Gasteiger partial charge in [-0.2, -0.15) is 0 Å². The Hall–Kier alpha value is -0.480. The van der Waals surface area contributed by atoms with Crippen molar-refractivity contribution < 1.29 is 29.3 Å². The highest BCUT2D eigenvalue weighted by Crippen LogP contribution is 2.56. The molecule has 3 rings (SSSR count). The van der Waals surface area contributed by atoms with E-state index in [1.807, 2.05) is 0 Å². The van der Waals surface area contributed by atoms with Crippen LogP contribution in [0.2, 0.25) is 0 Å². The number of aliphatic hydroxyl groups excluding tert-OH is 1. The van der Waals surface area contributed by atoms with Crippen molar-refractivity contribution in [3.8, 4) is 0 Å². The van der Waals surface area contributed by atoms with Crippen LogP contribution in [-0.4, -0.2) is 74.3 Å². The highest BCUT2D eigenvalue weighted by atomic mass is 32.2. The van der Waals surface area contributed by atoms with Gasteiger partial charge in [-0.15, -0.1) is 23.5 Å². The number of hydrogen-bond acceptors (Lipinski definition) is 7. The zero-order valence-corrected chi connectivity index (χ0v) is 13.1. The number of amides is 1. The molecule has 0 bridgehead atoms. The Bertz CT molecular complexity index is 455. The summed E-state index contributed by atoms with van der Waals surface area (Å²) in [4.78, 5) is 25.3. The van der Waals surface area contributed by atoms with Gasteiger partial charge in [-0.3, -0.25) is 4.79 Å². The Morgan fingerprint density at radius 1 is 1.52 bits per heavy atom. The largest absolute Gasteiger partial charge is 0.480 e. The molecular weight excluding hydrogens is 318 g/mol. The molecule has 0 aromatic rings. The summed E-state index contributed by atoms with van der Waals surface area (Å²) in [5, 5.41) is 19.0. The van der Waals surface area contributed by atoms with Crippen LogP contribution in [0.3, 0.4) is 0 Å². The molecule has 0 aliphatic carbocycles. The van der Waals surface area contributed by atoms with Crippen LogP contribution < -0.4 is 0 Å². The van der Waals surface area contributed by atoms with E-state index in [4.69, 9.17) is 9.47 Å². The van der Waals surface area contributed by atoms with E-state index in [1.165, 1.54) is 23.5 Å². The molecule has 0 aromatic carbocycles. The quantitative estimate of drug-likeness (QED) is 0.681. The fraction of sp³-hybridized carbons (Fsp3) is 0.833. The number of β-lactam (4-membered cyclic amide) rings is 1. The summed E-state index contributed by atoms with van der Waals surface area (Å²) in [6.07, 6.45) is -0.762. The third-order valence-electron chi connectivity index (χ3n) is 3.85. The van der Waals surface area contributed by atoms with E-state index in [1.54, 1.807) is 11.8 Å². The molecule has 2 N–H and O–H groups in total. The van der Waals surface area contributed by atoms with Crippen molar-refractivity contribution in [1.82, 2.24) is 4.90 Å². The Morgan fingerprint density at radius 3 is 2.76 bits per heavy atom. The number of carbonyl (C=O) groups excluding carboxylic acids is 1. The van der Waals surface area contributed by atoms with E-state index >= 15 is 0 Å². The average Bonchev–Trinajstić information content (AvgIpc) is 2.76. The summed E-state index contributed by atoms with van der Waals surface area (Å²) in [6, 6.07) is 0. The molecule has 3 aliphatic rings. The van der Waals surface area contributed by atoms with Crippen molar-refractivity contribution in [1.29, 1.82) is 0 Å². The lowest BCUT2D eigenvalue weighted by Crippen LogP contribution is -2.60. The Labute approximate surface area is 130 Å². The zero-order valence-electron chi connectivity index (χ0n) is 11.4. The van der Waals surface area contributed by atoms with Crippen LogP contribution in [0.15, 0.2) is 0 Å². The molecule has 0 radical (unpaired) electrons. The summed E-state index contributed by atoms with van der Waals surface area (Å²) in [6.45, 7) is 2.84. The summed E-state index contributed by atoms with van der Waals surface area (Å²) in [5.41, 5.74) is 0. The smallest absolute Gasteiger partial charge is 0.332 e. The van der Waals surface area contributed by atoms with E-state index < -0.39 is 22.1 Å². The van der Waals surface area contributed by atoms with E-state index in [0.717, 1.165) is 0 Å². The van der Waals surface area contributed by atoms with Crippen molar-refractivity contribution in [3.05, 3.63) is 0 Å². The van der Waals surface area contributed by atoms with E-state index in [9.17, 15) is 19.8 Å². The second kappa shape index (κ2) is 5.62. The highest BCUT2D eigenvalue weighted by molar-refractivity contribution is 8.20. The second-order valence-electron chi connectivity index (χ2n) is 5.40. The molecule has 1 amide bonds. The normalized spacial score (nSPS) is 38.0. The van der Waals surface area contributed by atoms with Crippen LogP contribution in [-0.2, 0) is 19.1 Å². The minimum absolute atomic E-state index is 0.0684. The first-order valence-corrected chi connectivity index (χ1v) is 8.43. The number of fused-ring (bicyclic) bond motifs is 1. The van der Waals surface area contributed by atoms with Crippen molar-refractivity contribution in [2.24, 2.45) is 5.92 Å². The lowest BCUT2D eigenvalue weighted by Gasteiger charge is -2.42. The first-order valence-electron chi connectivity index (χ1n) is 6.68. The van der Waals surface area contributed by atoms with Crippen LogP contribution in [0, 0.1) is 5.92 Å². The van der Waals surface area contributed by atoms with Crippen LogP contribution in [0.1, 0.15) is 6.92 Å². The van der Waals surface area contributed by atoms with Crippen LogP contribution in [0.25, 0.3) is 0 Å². The topological polar surface area (TPSA) is 96.3 Å². The molecule has 4 atom stereocenters. The Balaban J connectivity index is 1.74. The SMILES string of the molecule is C[C@@H](O)[C@H]1C(=O)N2CC(SC3COCOC3)(C(=O)O)S[C@H]12. The lowest BCUT2D eigenvalue weighted by atomic mass is 9.93. The fourth-order valence-corrected chi connectivity index (χ4v) is 6.40. The molecule has 0 saturated carbocycles. The van der Waals surface area contributed by atoms with Gasteiger partial charge in [0, 0.05) is 0 Å². The molecule has 21 heavy (non-hydrogen) atoms. The summed E-state index contributed by atoms with van der Waals surface area (Å²) in [5.74, 6) is -1.62. The summed E-state index contributed by atoms with van der Waals surface area (Å²) in [7, 11) is 0. The van der Waals surface area contributed by atoms with Gasteiger partial charge in [0.25, 0.3) is 0 Å². The molecule has 3 heterocycles. The molecule has 3 aliphatic heterocycles. The van der Waals surface area contributed by atoms with Crippen molar-refractivity contribution >= 4 is 35.4 Å². The standard InChI is InChI=1S/C12H17NO6S2/c1-6(14)8-9(15)13-4-12(11(16)17,21-10(8)13)20-7-2-18-5-19-3-7/h6-8,10,14H,2-5H2,1H3,(H,16,17)/t6-,8+,10-,12?/m1/s1. The van der Waals surface area contributed by atoms with Gasteiger partial charge in [0.05, 0.1) is 42.4 Å². The molecule has 9 heteroatoms. The minimum atomic E-state index is -1.11. The first-order chi connectivity index (χ1) is 9.94. The summed E-state index contributed by atoms with van der Waals surface area (Å²) >= 11 is 2.53. The molecule has 3 fully saturated rings. The van der Waals surface area contributed by atoms with E-state index in [0.29, 0.717) is 13.2 Å². The number of ether oxygens (including phenoxy) is 2. The Kier molecular flexibility index (Phi) is 4.12. The maximum atomic E-state index is 12.0. The number of nitrogens with zero attached hydrogens (tertiary/aromatic N) is 1. The van der Waals surface area contributed by atoms with Gasteiger partial charge in [-0.25, -0.2) is 4.79 Å². The Morgan fingerprint density at radius 2 is 2.19 bits per heavy atom. The number of aliphatic carboxylic acids is 1. The maximum absolute atomic E-state index is 12.0. The van der Waals surface area contributed by atoms with Gasteiger partial charge in [0.1, 0.15) is 6.79 Å². The second-order valence-corrected chi connectivity index (χ2v) is 8.67. The minimum Gasteiger partial charge on any atom is -0.480 e. The number of aliphatic hydroxyl groups is 1. The lowest BCUT2D eigenvalue weighted by molar-refractivity contribution is -0.155. The van der Waals surface area contributed by atoms with Gasteiger partial charge < -0.3 is 24.6 Å². The monoisotopic (exact) mass is 335 g/mol. The number of carboxylic acid groups (broad SMARTS) is 1. The summed E-state index contributed by atoms with van der Waals surface area (Å²) < 4.78 is 9.29. The number of carboxylic acids is 1. The molecular formula is C12H17NO6S2. The predicted molar refractivity (Wildman–Crippen MR) is 76.8 cm³/mol. The number of carbonyl (C=O) groups is 2. The van der Waals surface area contributed by atoms with Gasteiger partial charge in [0.15, 0.2) is 4.08 Å². The third-order valence-corrected chi connectivity index (χ3v) is 7.19. The van der Waals surface area contributed by atoms with Crippen LogP contribution in [0.4, 0.5) is 0 Å². The number of hydrogen-bond donors (Lipinski definition) is 2. The predicted octanol–water partition coefficient (Wildman–Crippen LogP) is -0.214.